The van der Waals surface area contributed by atoms with Gasteiger partial charge in [0.05, 0.1) is 6.61 Å². The molecule has 1 aromatic heterocycles. The van der Waals surface area contributed by atoms with E-state index >= 15 is 0 Å². The first-order valence-corrected chi connectivity index (χ1v) is 8.90. The molecule has 5 nitrogen and oxygen atoms in total. The van der Waals surface area contributed by atoms with Crippen LogP contribution in [-0.2, 0) is 13.0 Å². The molecular weight excluding hydrogens is 372 g/mol. The molecule has 0 radical (unpaired) electrons. The SMILES string of the molecule is CCOc1cc(-c2n[nH]c(=S)n2CCc2ccccc2)ccc1OC(F)F. The second kappa shape index (κ2) is 8.77. The first-order valence-electron chi connectivity index (χ1n) is 8.49. The van der Waals surface area contributed by atoms with Crippen LogP contribution in [0.2, 0.25) is 0 Å². The molecule has 0 aliphatic carbocycles. The summed E-state index contributed by atoms with van der Waals surface area (Å²) in [5, 5.41) is 7.09. The number of hydrogen-bond donors (Lipinski definition) is 1. The maximum Gasteiger partial charge on any atom is 0.387 e. The molecule has 0 atom stereocenters. The maximum atomic E-state index is 12.6. The predicted molar refractivity (Wildman–Crippen MR) is 101 cm³/mol. The molecule has 0 aliphatic rings. The van der Waals surface area contributed by atoms with Gasteiger partial charge in [0.25, 0.3) is 0 Å². The summed E-state index contributed by atoms with van der Waals surface area (Å²) in [5.74, 6) is 0.833. The molecule has 8 heteroatoms. The van der Waals surface area contributed by atoms with Crippen molar-refractivity contribution >= 4 is 12.2 Å². The van der Waals surface area contributed by atoms with Gasteiger partial charge < -0.3 is 9.47 Å². The molecule has 142 valence electrons. The van der Waals surface area contributed by atoms with Crippen molar-refractivity contribution in [2.24, 2.45) is 0 Å². The minimum atomic E-state index is -2.92. The van der Waals surface area contributed by atoms with Gasteiger partial charge in [-0.05, 0) is 49.3 Å². The molecule has 3 aromatic rings. The first-order chi connectivity index (χ1) is 13.1. The fraction of sp³-hybridized carbons (Fsp3) is 0.263. The maximum absolute atomic E-state index is 12.6. The lowest BCUT2D eigenvalue weighted by atomic mass is 10.1. The van der Waals surface area contributed by atoms with E-state index in [1.165, 1.54) is 11.6 Å². The van der Waals surface area contributed by atoms with Crippen LogP contribution >= 0.6 is 12.2 Å². The van der Waals surface area contributed by atoms with Gasteiger partial charge in [-0.15, -0.1) is 0 Å². The van der Waals surface area contributed by atoms with Crippen LogP contribution in [0.5, 0.6) is 11.5 Å². The number of rotatable bonds is 8. The summed E-state index contributed by atoms with van der Waals surface area (Å²) in [7, 11) is 0. The molecule has 0 unspecified atom stereocenters. The lowest BCUT2D eigenvalue weighted by Crippen LogP contribution is -2.06. The Morgan fingerprint density at radius 2 is 1.93 bits per heavy atom. The van der Waals surface area contributed by atoms with Gasteiger partial charge in [0.15, 0.2) is 22.1 Å². The van der Waals surface area contributed by atoms with Gasteiger partial charge in [-0.1, -0.05) is 30.3 Å². The number of hydrogen-bond acceptors (Lipinski definition) is 4. The van der Waals surface area contributed by atoms with Crippen LogP contribution in [0.4, 0.5) is 8.78 Å². The molecule has 27 heavy (non-hydrogen) atoms. The molecule has 0 fully saturated rings. The number of halogens is 2. The number of alkyl halides is 2. The number of aromatic amines is 1. The van der Waals surface area contributed by atoms with Crippen molar-refractivity contribution in [3.05, 3.63) is 58.9 Å². The van der Waals surface area contributed by atoms with Crippen LogP contribution in [-0.4, -0.2) is 28.0 Å². The largest absolute Gasteiger partial charge is 0.490 e. The van der Waals surface area contributed by atoms with Crippen LogP contribution in [0.3, 0.4) is 0 Å². The number of aryl methyl sites for hydroxylation is 1. The number of aromatic nitrogens is 3. The molecule has 2 aromatic carbocycles. The van der Waals surface area contributed by atoms with Gasteiger partial charge in [0, 0.05) is 12.1 Å². The molecule has 0 amide bonds. The Morgan fingerprint density at radius 1 is 1.15 bits per heavy atom. The van der Waals surface area contributed by atoms with Crippen molar-refractivity contribution in [3.63, 3.8) is 0 Å². The van der Waals surface area contributed by atoms with E-state index in [1.54, 1.807) is 19.1 Å². The molecule has 1 N–H and O–H groups in total. The van der Waals surface area contributed by atoms with Crippen molar-refractivity contribution in [2.45, 2.75) is 26.5 Å². The van der Waals surface area contributed by atoms with E-state index < -0.39 is 6.61 Å². The summed E-state index contributed by atoms with van der Waals surface area (Å²) < 4.78 is 37.5. The highest BCUT2D eigenvalue weighted by molar-refractivity contribution is 7.71. The molecule has 0 bridgehead atoms. The van der Waals surface area contributed by atoms with Crippen molar-refractivity contribution in [2.75, 3.05) is 6.61 Å². The lowest BCUT2D eigenvalue weighted by Gasteiger charge is -2.13. The molecule has 1 heterocycles. The van der Waals surface area contributed by atoms with E-state index in [4.69, 9.17) is 17.0 Å². The Kier molecular flexibility index (Phi) is 6.18. The highest BCUT2D eigenvalue weighted by atomic mass is 32.1. The third kappa shape index (κ3) is 4.71. The zero-order valence-corrected chi connectivity index (χ0v) is 15.5. The summed E-state index contributed by atoms with van der Waals surface area (Å²) in [6.07, 6.45) is 0.784. The van der Waals surface area contributed by atoms with E-state index in [2.05, 4.69) is 14.9 Å². The highest BCUT2D eigenvalue weighted by Crippen LogP contribution is 2.33. The first kappa shape index (κ1) is 19.0. The average Bonchev–Trinajstić information content (AvgIpc) is 3.03. The predicted octanol–water partition coefficient (Wildman–Crippen LogP) is 4.85. The van der Waals surface area contributed by atoms with E-state index in [-0.39, 0.29) is 11.5 Å². The number of benzene rings is 2. The minimum absolute atomic E-state index is 0.0134. The second-order valence-electron chi connectivity index (χ2n) is 5.71. The quantitative estimate of drug-likeness (QED) is 0.558. The summed E-state index contributed by atoms with van der Waals surface area (Å²) in [5.41, 5.74) is 1.88. The normalized spacial score (nSPS) is 11.0. The molecule has 0 aliphatic heterocycles. The van der Waals surface area contributed by atoms with Crippen molar-refractivity contribution in [3.8, 4) is 22.9 Å². The van der Waals surface area contributed by atoms with Gasteiger partial charge in [-0.25, -0.2) is 0 Å². The van der Waals surface area contributed by atoms with Crippen LogP contribution in [0.1, 0.15) is 12.5 Å². The number of H-pyrrole nitrogens is 1. The van der Waals surface area contributed by atoms with Gasteiger partial charge in [0.2, 0.25) is 0 Å². The number of ether oxygens (including phenoxy) is 2. The Balaban J connectivity index is 1.90. The molecule has 0 saturated heterocycles. The smallest absolute Gasteiger partial charge is 0.387 e. The van der Waals surface area contributed by atoms with E-state index in [9.17, 15) is 8.78 Å². The van der Waals surface area contributed by atoms with Crippen molar-refractivity contribution in [1.29, 1.82) is 0 Å². The topological polar surface area (TPSA) is 52.1 Å². The van der Waals surface area contributed by atoms with Gasteiger partial charge in [-0.3, -0.25) is 9.67 Å². The van der Waals surface area contributed by atoms with Gasteiger partial charge in [0.1, 0.15) is 0 Å². The minimum Gasteiger partial charge on any atom is -0.490 e. The van der Waals surface area contributed by atoms with E-state index in [0.29, 0.717) is 29.3 Å². The fourth-order valence-electron chi connectivity index (χ4n) is 2.74. The van der Waals surface area contributed by atoms with Crippen LogP contribution in [0.25, 0.3) is 11.4 Å². The van der Waals surface area contributed by atoms with Crippen molar-refractivity contribution in [1.82, 2.24) is 14.8 Å². The summed E-state index contributed by atoms with van der Waals surface area (Å²) in [6.45, 7) is -0.192. The average molecular weight is 391 g/mol. The number of nitrogens with zero attached hydrogens (tertiary/aromatic N) is 2. The molecular formula is C19H19F2N3O2S. The molecule has 3 rings (SSSR count). The van der Waals surface area contributed by atoms with Crippen LogP contribution in [0, 0.1) is 4.77 Å². The molecule has 0 spiro atoms. The Bertz CT molecular complexity index is 942. The Morgan fingerprint density at radius 3 is 2.63 bits per heavy atom. The van der Waals surface area contributed by atoms with E-state index in [1.807, 2.05) is 34.9 Å². The van der Waals surface area contributed by atoms with Gasteiger partial charge in [-0.2, -0.15) is 13.9 Å². The summed E-state index contributed by atoms with van der Waals surface area (Å²) in [4.78, 5) is 0. The Labute approximate surface area is 160 Å². The Hall–Kier alpha value is -2.74. The van der Waals surface area contributed by atoms with Crippen LogP contribution in [0.15, 0.2) is 48.5 Å². The third-order valence-electron chi connectivity index (χ3n) is 3.94. The van der Waals surface area contributed by atoms with Crippen molar-refractivity contribution < 1.29 is 18.3 Å². The highest BCUT2D eigenvalue weighted by Gasteiger charge is 2.15. The lowest BCUT2D eigenvalue weighted by molar-refractivity contribution is -0.0514. The second-order valence-corrected chi connectivity index (χ2v) is 6.10. The molecule has 0 saturated carbocycles. The van der Waals surface area contributed by atoms with Crippen LogP contribution < -0.4 is 9.47 Å². The zero-order chi connectivity index (χ0) is 19.2. The van der Waals surface area contributed by atoms with E-state index in [0.717, 1.165) is 6.42 Å². The summed E-state index contributed by atoms with van der Waals surface area (Å²) >= 11 is 5.34. The third-order valence-corrected chi connectivity index (χ3v) is 4.25. The summed E-state index contributed by atoms with van der Waals surface area (Å²) in [6, 6.07) is 14.8. The zero-order valence-electron chi connectivity index (χ0n) is 14.7. The monoisotopic (exact) mass is 391 g/mol. The standard InChI is InChI=1S/C19H19F2N3O2S/c1-2-25-16-12-14(8-9-15(16)26-18(20)21)17-22-23-19(27)24(17)11-10-13-6-4-3-5-7-13/h3-9,12,18H,2,10-11H2,1H3,(H,23,27). The fourth-order valence-corrected chi connectivity index (χ4v) is 2.96. The number of nitrogens with one attached hydrogen (secondary N) is 1. The van der Waals surface area contributed by atoms with Gasteiger partial charge >= 0.3 is 6.61 Å².